The molecule has 0 radical (unpaired) electrons. The fourth-order valence-corrected chi connectivity index (χ4v) is 2.02. The van der Waals surface area contributed by atoms with Crippen LogP contribution in [0.4, 0.5) is 0 Å². The second-order valence-electron chi connectivity index (χ2n) is 4.29. The molecule has 0 aliphatic carbocycles. The first kappa shape index (κ1) is 15.9. The summed E-state index contributed by atoms with van der Waals surface area (Å²) in [5.74, 6) is 0.681. The van der Waals surface area contributed by atoms with Crippen molar-refractivity contribution >= 4 is 23.7 Å². The number of para-hydroxylation sites is 1. The van der Waals surface area contributed by atoms with E-state index in [4.69, 9.17) is 21.1 Å². The lowest BCUT2D eigenvalue weighted by Crippen LogP contribution is -2.18. The molecule has 0 bridgehead atoms. The van der Waals surface area contributed by atoms with E-state index in [0.29, 0.717) is 22.1 Å². The Hall–Kier alpha value is -2.53. The van der Waals surface area contributed by atoms with Gasteiger partial charge in [-0.25, -0.2) is 5.43 Å². The summed E-state index contributed by atoms with van der Waals surface area (Å²) in [5.41, 5.74) is 3.50. The average Bonchev–Trinajstić information content (AvgIpc) is 2.55. The van der Waals surface area contributed by atoms with Crippen LogP contribution in [0.3, 0.4) is 0 Å². The normalized spacial score (nSPS) is 10.5. The van der Waals surface area contributed by atoms with Crippen LogP contribution in [0.2, 0.25) is 5.02 Å². The lowest BCUT2D eigenvalue weighted by atomic mass is 10.2. The number of hydrogen-bond donors (Lipinski definition) is 1. The molecule has 1 N–H and O–H groups in total. The average molecular weight is 319 g/mol. The lowest BCUT2D eigenvalue weighted by molar-refractivity contribution is 0.0952. The molecular formula is C16H15ClN2O3. The first-order valence-electron chi connectivity index (χ1n) is 6.45. The fourth-order valence-electron chi connectivity index (χ4n) is 1.85. The third kappa shape index (κ3) is 3.77. The van der Waals surface area contributed by atoms with E-state index in [1.165, 1.54) is 19.4 Å². The van der Waals surface area contributed by atoms with Crippen LogP contribution < -0.4 is 14.9 Å². The molecule has 2 rings (SSSR count). The highest BCUT2D eigenvalue weighted by Crippen LogP contribution is 2.22. The largest absolute Gasteiger partial charge is 0.496 e. The Labute approximate surface area is 133 Å². The zero-order chi connectivity index (χ0) is 15.9. The van der Waals surface area contributed by atoms with E-state index in [1.54, 1.807) is 19.2 Å². The Kier molecular flexibility index (Phi) is 5.38. The number of benzene rings is 2. The van der Waals surface area contributed by atoms with E-state index in [1.807, 2.05) is 24.3 Å². The fraction of sp³-hybridized carbons (Fsp3) is 0.125. The van der Waals surface area contributed by atoms with Crippen LogP contribution >= 0.6 is 11.6 Å². The van der Waals surface area contributed by atoms with E-state index in [0.717, 1.165) is 5.56 Å². The van der Waals surface area contributed by atoms with Crippen LogP contribution in [0.25, 0.3) is 0 Å². The van der Waals surface area contributed by atoms with Crippen LogP contribution in [0.15, 0.2) is 47.6 Å². The summed E-state index contributed by atoms with van der Waals surface area (Å²) in [4.78, 5) is 12.1. The van der Waals surface area contributed by atoms with Crippen molar-refractivity contribution in [1.82, 2.24) is 5.43 Å². The number of nitrogens with zero attached hydrogens (tertiary/aromatic N) is 1. The standard InChI is InChI=1S/C16H15ClN2O3/c1-21-14-6-4-3-5-11(14)10-18-19-16(20)13-9-12(17)7-8-15(13)22-2/h3-10H,1-2H3,(H,19,20). The first-order chi connectivity index (χ1) is 10.7. The van der Waals surface area contributed by atoms with E-state index in [-0.39, 0.29) is 0 Å². The number of hydrazone groups is 1. The van der Waals surface area contributed by atoms with Gasteiger partial charge in [0.05, 0.1) is 26.0 Å². The molecule has 0 unspecified atom stereocenters. The van der Waals surface area contributed by atoms with Gasteiger partial charge in [-0.05, 0) is 30.3 Å². The number of carbonyl (C=O) groups excluding carboxylic acids is 1. The summed E-state index contributed by atoms with van der Waals surface area (Å²) in [6.45, 7) is 0. The van der Waals surface area contributed by atoms with Crippen molar-refractivity contribution in [2.24, 2.45) is 5.10 Å². The van der Waals surface area contributed by atoms with Crippen LogP contribution in [-0.4, -0.2) is 26.3 Å². The molecule has 0 saturated carbocycles. The summed E-state index contributed by atoms with van der Waals surface area (Å²) in [5, 5.41) is 4.37. The summed E-state index contributed by atoms with van der Waals surface area (Å²) < 4.78 is 10.3. The molecule has 0 spiro atoms. The predicted octanol–water partition coefficient (Wildman–Crippen LogP) is 3.12. The van der Waals surface area contributed by atoms with E-state index in [9.17, 15) is 4.79 Å². The topological polar surface area (TPSA) is 59.9 Å². The number of methoxy groups -OCH3 is 2. The van der Waals surface area contributed by atoms with Crippen molar-refractivity contribution in [2.75, 3.05) is 14.2 Å². The third-order valence-corrected chi connectivity index (χ3v) is 3.15. The lowest BCUT2D eigenvalue weighted by Gasteiger charge is -2.07. The van der Waals surface area contributed by atoms with Gasteiger partial charge in [-0.2, -0.15) is 5.10 Å². The maximum atomic E-state index is 12.1. The molecule has 2 aromatic rings. The monoisotopic (exact) mass is 318 g/mol. The molecule has 0 fully saturated rings. The molecule has 114 valence electrons. The van der Waals surface area contributed by atoms with Gasteiger partial charge in [0.2, 0.25) is 0 Å². The second-order valence-corrected chi connectivity index (χ2v) is 4.72. The smallest absolute Gasteiger partial charge is 0.275 e. The highest BCUT2D eigenvalue weighted by atomic mass is 35.5. The molecule has 0 aliphatic rings. The van der Waals surface area contributed by atoms with Crippen molar-refractivity contribution in [3.05, 3.63) is 58.6 Å². The Morgan fingerprint density at radius 3 is 2.59 bits per heavy atom. The number of amides is 1. The molecule has 5 nitrogen and oxygen atoms in total. The molecule has 2 aromatic carbocycles. The predicted molar refractivity (Wildman–Crippen MR) is 86.1 cm³/mol. The van der Waals surface area contributed by atoms with Gasteiger partial charge in [-0.3, -0.25) is 4.79 Å². The molecule has 0 atom stereocenters. The summed E-state index contributed by atoms with van der Waals surface area (Å²) in [6.07, 6.45) is 1.51. The minimum absolute atomic E-state index is 0.312. The molecule has 1 amide bonds. The summed E-state index contributed by atoms with van der Waals surface area (Å²) in [7, 11) is 3.06. The highest BCUT2D eigenvalue weighted by molar-refractivity contribution is 6.31. The van der Waals surface area contributed by atoms with Gasteiger partial charge in [0.25, 0.3) is 5.91 Å². The molecule has 6 heteroatoms. The number of carbonyl (C=O) groups is 1. The van der Waals surface area contributed by atoms with E-state index < -0.39 is 5.91 Å². The molecule has 22 heavy (non-hydrogen) atoms. The van der Waals surface area contributed by atoms with Crippen LogP contribution in [-0.2, 0) is 0 Å². The van der Waals surface area contributed by atoms with Crippen molar-refractivity contribution in [2.45, 2.75) is 0 Å². The molecule has 0 aromatic heterocycles. The van der Waals surface area contributed by atoms with Crippen molar-refractivity contribution in [3.8, 4) is 11.5 Å². The Morgan fingerprint density at radius 1 is 1.14 bits per heavy atom. The highest BCUT2D eigenvalue weighted by Gasteiger charge is 2.12. The maximum Gasteiger partial charge on any atom is 0.275 e. The van der Waals surface area contributed by atoms with Gasteiger partial charge >= 0.3 is 0 Å². The first-order valence-corrected chi connectivity index (χ1v) is 6.83. The molecule has 0 aliphatic heterocycles. The zero-order valence-corrected chi connectivity index (χ0v) is 12.9. The van der Waals surface area contributed by atoms with E-state index in [2.05, 4.69) is 10.5 Å². The number of ether oxygens (including phenoxy) is 2. The minimum atomic E-state index is -0.412. The van der Waals surface area contributed by atoms with Crippen molar-refractivity contribution in [3.63, 3.8) is 0 Å². The van der Waals surface area contributed by atoms with Gasteiger partial charge in [0.15, 0.2) is 0 Å². The second kappa shape index (κ2) is 7.47. The SMILES string of the molecule is COc1ccccc1C=NNC(=O)c1cc(Cl)ccc1OC. The summed E-state index contributed by atoms with van der Waals surface area (Å²) in [6, 6.07) is 12.1. The minimum Gasteiger partial charge on any atom is -0.496 e. The number of rotatable bonds is 5. The third-order valence-electron chi connectivity index (χ3n) is 2.91. The van der Waals surface area contributed by atoms with Gasteiger partial charge in [0.1, 0.15) is 11.5 Å². The Bertz CT molecular complexity index is 702. The van der Waals surface area contributed by atoms with Gasteiger partial charge in [0, 0.05) is 10.6 Å². The van der Waals surface area contributed by atoms with Crippen molar-refractivity contribution < 1.29 is 14.3 Å². The quantitative estimate of drug-likeness (QED) is 0.680. The Morgan fingerprint density at radius 2 is 1.86 bits per heavy atom. The van der Waals surface area contributed by atoms with Gasteiger partial charge < -0.3 is 9.47 Å². The van der Waals surface area contributed by atoms with Gasteiger partial charge in [-0.1, -0.05) is 23.7 Å². The zero-order valence-electron chi connectivity index (χ0n) is 12.2. The molecular weight excluding hydrogens is 304 g/mol. The number of nitrogens with one attached hydrogen (secondary N) is 1. The van der Waals surface area contributed by atoms with Crippen LogP contribution in [0, 0.1) is 0 Å². The van der Waals surface area contributed by atoms with Crippen molar-refractivity contribution in [1.29, 1.82) is 0 Å². The van der Waals surface area contributed by atoms with Gasteiger partial charge in [-0.15, -0.1) is 0 Å². The van der Waals surface area contributed by atoms with Crippen LogP contribution in [0.1, 0.15) is 15.9 Å². The number of halogens is 1. The summed E-state index contributed by atoms with van der Waals surface area (Å²) >= 11 is 5.90. The number of hydrogen-bond acceptors (Lipinski definition) is 4. The maximum absolute atomic E-state index is 12.1. The molecule has 0 saturated heterocycles. The van der Waals surface area contributed by atoms with Crippen LogP contribution in [0.5, 0.6) is 11.5 Å². The van der Waals surface area contributed by atoms with E-state index >= 15 is 0 Å². The molecule has 0 heterocycles. The Balaban J connectivity index is 2.13.